The first-order chi connectivity index (χ1) is 9.08. The molecule has 0 radical (unpaired) electrons. The monoisotopic (exact) mass is 275 g/mol. The highest BCUT2D eigenvalue weighted by Gasteiger charge is 2.15. The fraction of sp³-hybridized carbons (Fsp3) is 0.143. The average molecular weight is 276 g/mol. The summed E-state index contributed by atoms with van der Waals surface area (Å²) in [5, 5.41) is 0.367. The molecule has 0 bridgehead atoms. The van der Waals surface area contributed by atoms with E-state index in [-0.39, 0.29) is 5.91 Å². The van der Waals surface area contributed by atoms with Crippen LogP contribution in [0.15, 0.2) is 42.7 Å². The van der Waals surface area contributed by atoms with Crippen LogP contribution in [0.2, 0.25) is 5.02 Å². The van der Waals surface area contributed by atoms with Crippen molar-refractivity contribution >= 4 is 23.2 Å². The van der Waals surface area contributed by atoms with Gasteiger partial charge in [0.15, 0.2) is 0 Å². The number of carbonyl (C=O) groups is 1. The molecule has 0 saturated heterocycles. The topological polar surface area (TPSA) is 59.2 Å². The quantitative estimate of drug-likeness (QED) is 0.876. The van der Waals surface area contributed by atoms with E-state index in [1.54, 1.807) is 42.5 Å². The maximum absolute atomic E-state index is 12.3. The number of pyridine rings is 1. The highest BCUT2D eigenvalue weighted by atomic mass is 35.5. The van der Waals surface area contributed by atoms with Crippen molar-refractivity contribution in [2.45, 2.75) is 6.54 Å². The van der Waals surface area contributed by atoms with E-state index in [9.17, 15) is 4.79 Å². The Bertz CT molecular complexity index is 586. The summed E-state index contributed by atoms with van der Waals surface area (Å²) in [6.45, 7) is 0.502. The van der Waals surface area contributed by atoms with Crippen LogP contribution in [0.5, 0.6) is 0 Å². The minimum atomic E-state index is -0.137. The van der Waals surface area contributed by atoms with Crippen LogP contribution in [-0.4, -0.2) is 22.8 Å². The van der Waals surface area contributed by atoms with Gasteiger partial charge in [-0.25, -0.2) is 0 Å². The summed E-state index contributed by atoms with van der Waals surface area (Å²) >= 11 is 6.03. The fourth-order valence-corrected chi connectivity index (χ4v) is 2.01. The van der Waals surface area contributed by atoms with Crippen molar-refractivity contribution in [3.63, 3.8) is 0 Å². The second-order valence-electron chi connectivity index (χ2n) is 4.26. The van der Waals surface area contributed by atoms with Gasteiger partial charge in [0.25, 0.3) is 5.91 Å². The van der Waals surface area contributed by atoms with E-state index in [0.29, 0.717) is 22.8 Å². The van der Waals surface area contributed by atoms with Gasteiger partial charge < -0.3 is 10.6 Å². The van der Waals surface area contributed by atoms with Crippen LogP contribution in [-0.2, 0) is 6.54 Å². The molecule has 0 aliphatic heterocycles. The zero-order valence-electron chi connectivity index (χ0n) is 10.5. The Morgan fingerprint density at radius 2 is 2.00 bits per heavy atom. The summed E-state index contributed by atoms with van der Waals surface area (Å²) < 4.78 is 0. The maximum Gasteiger partial charge on any atom is 0.255 e. The summed E-state index contributed by atoms with van der Waals surface area (Å²) in [7, 11) is 1.73. The number of nitrogen functional groups attached to an aromatic ring is 1. The number of nitrogens with two attached hydrogens (primary N) is 1. The van der Waals surface area contributed by atoms with Crippen molar-refractivity contribution in [2.24, 2.45) is 0 Å². The van der Waals surface area contributed by atoms with Crippen LogP contribution < -0.4 is 5.73 Å². The van der Waals surface area contributed by atoms with E-state index in [4.69, 9.17) is 17.3 Å². The predicted octanol–water partition coefficient (Wildman–Crippen LogP) is 2.59. The molecule has 1 aromatic heterocycles. The predicted molar refractivity (Wildman–Crippen MR) is 75.9 cm³/mol. The SMILES string of the molecule is CN(Cc1ccncc1)C(=O)c1ccc(N)cc1Cl. The average Bonchev–Trinajstić information content (AvgIpc) is 2.39. The van der Waals surface area contributed by atoms with Crippen LogP contribution in [0.4, 0.5) is 5.69 Å². The third-order valence-electron chi connectivity index (χ3n) is 2.74. The van der Waals surface area contributed by atoms with Gasteiger partial charge in [-0.1, -0.05) is 11.6 Å². The number of nitrogens with zero attached hydrogens (tertiary/aromatic N) is 2. The van der Waals surface area contributed by atoms with Crippen molar-refractivity contribution in [1.82, 2.24) is 9.88 Å². The van der Waals surface area contributed by atoms with E-state index in [2.05, 4.69) is 4.98 Å². The third-order valence-corrected chi connectivity index (χ3v) is 3.05. The molecule has 0 atom stereocenters. The Kier molecular flexibility index (Phi) is 4.02. The molecule has 19 heavy (non-hydrogen) atoms. The smallest absolute Gasteiger partial charge is 0.255 e. The normalized spacial score (nSPS) is 10.2. The molecular formula is C14H14ClN3O. The number of rotatable bonds is 3. The van der Waals surface area contributed by atoms with Gasteiger partial charge >= 0.3 is 0 Å². The van der Waals surface area contributed by atoms with E-state index in [1.807, 2.05) is 12.1 Å². The first kappa shape index (κ1) is 13.4. The molecule has 2 rings (SSSR count). The zero-order valence-corrected chi connectivity index (χ0v) is 11.3. The molecule has 98 valence electrons. The second kappa shape index (κ2) is 5.71. The molecule has 0 aliphatic rings. The molecule has 0 saturated carbocycles. The van der Waals surface area contributed by atoms with Crippen molar-refractivity contribution in [3.8, 4) is 0 Å². The molecule has 2 aromatic rings. The highest BCUT2D eigenvalue weighted by molar-refractivity contribution is 6.34. The number of hydrogen-bond acceptors (Lipinski definition) is 3. The summed E-state index contributed by atoms with van der Waals surface area (Å²) in [6.07, 6.45) is 3.40. The van der Waals surface area contributed by atoms with Gasteiger partial charge in [-0.3, -0.25) is 9.78 Å². The lowest BCUT2D eigenvalue weighted by molar-refractivity contribution is 0.0785. The number of anilines is 1. The lowest BCUT2D eigenvalue weighted by atomic mass is 10.1. The van der Waals surface area contributed by atoms with Gasteiger partial charge in [-0.05, 0) is 35.9 Å². The number of aromatic nitrogens is 1. The van der Waals surface area contributed by atoms with E-state index < -0.39 is 0 Å². The summed E-state index contributed by atoms with van der Waals surface area (Å²) in [4.78, 5) is 17.8. The van der Waals surface area contributed by atoms with Gasteiger partial charge in [-0.15, -0.1) is 0 Å². The number of amides is 1. The maximum atomic E-state index is 12.3. The molecular weight excluding hydrogens is 262 g/mol. The lowest BCUT2D eigenvalue weighted by Gasteiger charge is -2.18. The Labute approximate surface area is 116 Å². The summed E-state index contributed by atoms with van der Waals surface area (Å²) in [5.41, 5.74) is 7.61. The second-order valence-corrected chi connectivity index (χ2v) is 4.66. The molecule has 1 heterocycles. The van der Waals surface area contributed by atoms with Crippen molar-refractivity contribution in [1.29, 1.82) is 0 Å². The Morgan fingerprint density at radius 1 is 1.32 bits per heavy atom. The van der Waals surface area contributed by atoms with Crippen LogP contribution in [0.3, 0.4) is 0 Å². The minimum absolute atomic E-state index is 0.137. The van der Waals surface area contributed by atoms with Crippen LogP contribution in [0.25, 0.3) is 0 Å². The third kappa shape index (κ3) is 3.23. The first-order valence-electron chi connectivity index (χ1n) is 5.77. The van der Waals surface area contributed by atoms with Gasteiger partial charge in [-0.2, -0.15) is 0 Å². The molecule has 0 fully saturated rings. The molecule has 0 spiro atoms. The summed E-state index contributed by atoms with van der Waals surface area (Å²) in [6, 6.07) is 8.63. The number of hydrogen-bond donors (Lipinski definition) is 1. The molecule has 1 amide bonds. The molecule has 2 N–H and O–H groups in total. The molecule has 4 nitrogen and oxygen atoms in total. The van der Waals surface area contributed by atoms with E-state index in [1.165, 1.54) is 0 Å². The molecule has 0 unspecified atom stereocenters. The fourth-order valence-electron chi connectivity index (χ4n) is 1.74. The van der Waals surface area contributed by atoms with Gasteiger partial charge in [0.05, 0.1) is 10.6 Å². The molecule has 5 heteroatoms. The van der Waals surface area contributed by atoms with Gasteiger partial charge in [0, 0.05) is 31.7 Å². The van der Waals surface area contributed by atoms with Gasteiger partial charge in [0.2, 0.25) is 0 Å². The Balaban J connectivity index is 2.15. The van der Waals surface area contributed by atoms with Crippen LogP contribution in [0.1, 0.15) is 15.9 Å². The largest absolute Gasteiger partial charge is 0.399 e. The number of halogens is 1. The van der Waals surface area contributed by atoms with Crippen LogP contribution in [0, 0.1) is 0 Å². The van der Waals surface area contributed by atoms with Gasteiger partial charge in [0.1, 0.15) is 0 Å². The minimum Gasteiger partial charge on any atom is -0.399 e. The Hall–Kier alpha value is -2.07. The Morgan fingerprint density at radius 3 is 2.63 bits per heavy atom. The van der Waals surface area contributed by atoms with Crippen molar-refractivity contribution < 1.29 is 4.79 Å². The molecule has 0 aliphatic carbocycles. The van der Waals surface area contributed by atoms with Crippen LogP contribution >= 0.6 is 11.6 Å². The first-order valence-corrected chi connectivity index (χ1v) is 6.15. The highest BCUT2D eigenvalue weighted by Crippen LogP contribution is 2.21. The standard InChI is InChI=1S/C14H14ClN3O/c1-18(9-10-4-6-17-7-5-10)14(19)12-3-2-11(16)8-13(12)15/h2-8H,9,16H2,1H3. The molecule has 1 aromatic carbocycles. The lowest BCUT2D eigenvalue weighted by Crippen LogP contribution is -2.26. The van der Waals surface area contributed by atoms with Crippen molar-refractivity contribution in [2.75, 3.05) is 12.8 Å². The van der Waals surface area contributed by atoms with E-state index >= 15 is 0 Å². The summed E-state index contributed by atoms with van der Waals surface area (Å²) in [5.74, 6) is -0.137. The van der Waals surface area contributed by atoms with Crippen molar-refractivity contribution in [3.05, 3.63) is 58.9 Å². The number of benzene rings is 1. The zero-order chi connectivity index (χ0) is 13.8. The van der Waals surface area contributed by atoms with E-state index in [0.717, 1.165) is 5.56 Å². The number of carbonyl (C=O) groups excluding carboxylic acids is 1.